The molecule has 4 nitrogen and oxygen atoms in total. The molecule has 0 spiro atoms. The van der Waals surface area contributed by atoms with Gasteiger partial charge in [0.15, 0.2) is 5.75 Å². The second kappa shape index (κ2) is 17.9. The maximum absolute atomic E-state index is 12.0. The van der Waals surface area contributed by atoms with E-state index in [-0.39, 0.29) is 0 Å². The molecule has 1 unspecified atom stereocenters. The first-order valence-electron chi connectivity index (χ1n) is 17.2. The van der Waals surface area contributed by atoms with Gasteiger partial charge in [-0.25, -0.2) is 4.99 Å². The number of amides is 1. The molecule has 0 radical (unpaired) electrons. The average Bonchev–Trinajstić information content (AvgIpc) is 3.02. The van der Waals surface area contributed by atoms with Crippen molar-refractivity contribution in [2.75, 3.05) is 13.1 Å². The second-order valence-electron chi connectivity index (χ2n) is 12.2. The number of nitrogens with zero attached hydrogens (tertiary/aromatic N) is 2. The summed E-state index contributed by atoms with van der Waals surface area (Å²) in [5.74, 6) is 2.52. The van der Waals surface area contributed by atoms with Crippen LogP contribution in [0.25, 0.3) is 0 Å². The Morgan fingerprint density at radius 3 is 1.90 bits per heavy atom. The van der Waals surface area contributed by atoms with Gasteiger partial charge in [-0.05, 0) is 50.5 Å². The van der Waals surface area contributed by atoms with Gasteiger partial charge in [0, 0.05) is 31.0 Å². The van der Waals surface area contributed by atoms with Gasteiger partial charge in [0.05, 0.1) is 0 Å². The topological polar surface area (TPSA) is 41.9 Å². The van der Waals surface area contributed by atoms with E-state index >= 15 is 0 Å². The number of fused-ring (bicyclic) bond motifs is 4. The zero-order valence-electron chi connectivity index (χ0n) is 26.4. The van der Waals surface area contributed by atoms with Crippen LogP contribution in [0.2, 0.25) is 0 Å². The number of hydrogen-bond acceptors (Lipinski definition) is 3. The summed E-state index contributed by atoms with van der Waals surface area (Å²) in [6.45, 7) is 5.81. The van der Waals surface area contributed by atoms with Crippen LogP contribution in [0.1, 0.15) is 140 Å². The zero-order valence-corrected chi connectivity index (χ0v) is 26.4. The highest BCUT2D eigenvalue weighted by atomic mass is 16.5. The molecule has 0 aromatic heterocycles. The van der Waals surface area contributed by atoms with Gasteiger partial charge in [-0.15, -0.1) is 0 Å². The number of carbonyl (C=O) groups is 1. The summed E-state index contributed by atoms with van der Waals surface area (Å²) in [6, 6.07) is 16.8. The van der Waals surface area contributed by atoms with E-state index in [1.807, 2.05) is 29.2 Å². The van der Waals surface area contributed by atoms with E-state index in [9.17, 15) is 4.79 Å². The first-order chi connectivity index (χ1) is 20.7. The Hall–Kier alpha value is -2.88. The first kappa shape index (κ1) is 32.0. The molecule has 0 saturated carbocycles. The first-order valence-corrected chi connectivity index (χ1v) is 17.2. The molecule has 4 heteroatoms. The van der Waals surface area contributed by atoms with Crippen molar-refractivity contribution in [3.05, 3.63) is 71.5 Å². The zero-order chi connectivity index (χ0) is 29.4. The molecule has 2 aromatic rings. The average molecular weight is 571 g/mol. The van der Waals surface area contributed by atoms with E-state index in [0.29, 0.717) is 11.8 Å². The van der Waals surface area contributed by atoms with Crippen LogP contribution in [-0.2, 0) is 4.79 Å². The van der Waals surface area contributed by atoms with Gasteiger partial charge in [-0.1, -0.05) is 126 Å². The smallest absolute Gasteiger partial charge is 0.222 e. The number of aliphatic imine (C=N–C) groups is 1. The van der Waals surface area contributed by atoms with Crippen molar-refractivity contribution in [2.45, 2.75) is 129 Å². The number of ether oxygens (including phenoxy) is 1. The van der Waals surface area contributed by atoms with Crippen LogP contribution < -0.4 is 4.74 Å². The minimum Gasteiger partial charge on any atom is -0.453 e. The highest BCUT2D eigenvalue weighted by Crippen LogP contribution is 2.41. The molecule has 2 aromatic carbocycles. The molecule has 0 fully saturated rings. The number of carbonyl (C=O) groups excluding carboxylic acids is 1. The molecule has 0 bridgehead atoms. The highest BCUT2D eigenvalue weighted by molar-refractivity contribution is 6.15. The quantitative estimate of drug-likeness (QED) is 0.149. The lowest BCUT2D eigenvalue weighted by atomic mass is 9.82. The predicted molar refractivity (Wildman–Crippen MR) is 177 cm³/mol. The minimum absolute atomic E-state index is 0.333. The van der Waals surface area contributed by atoms with Crippen LogP contribution in [0.15, 0.2) is 65.4 Å². The van der Waals surface area contributed by atoms with Crippen molar-refractivity contribution in [1.82, 2.24) is 4.90 Å². The summed E-state index contributed by atoms with van der Waals surface area (Å²) >= 11 is 0. The van der Waals surface area contributed by atoms with Crippen LogP contribution in [0, 0.1) is 0 Å². The van der Waals surface area contributed by atoms with Crippen molar-refractivity contribution in [1.29, 1.82) is 0 Å². The Morgan fingerprint density at radius 2 is 1.26 bits per heavy atom. The maximum atomic E-state index is 12.0. The molecule has 228 valence electrons. The van der Waals surface area contributed by atoms with Crippen LogP contribution >= 0.6 is 0 Å². The fourth-order valence-electron chi connectivity index (χ4n) is 6.50. The summed E-state index contributed by atoms with van der Waals surface area (Å²) in [5, 5.41) is 0. The Labute approximate surface area is 255 Å². The molecule has 0 saturated heterocycles. The molecule has 2 aliphatic rings. The fourth-order valence-corrected chi connectivity index (χ4v) is 6.50. The standard InChI is InChI=1S/C38H54N2O2/c1-3-40(4-2)37(41)29-19-17-15-13-11-9-7-5-6-8-10-12-14-16-18-24-31-30-36-38(33-26-21-20-25-32(31)33)39-34-27-22-23-28-35(34)42-36/h20-23,25-28,30-31H,3-19,24,29H2,1-2H3. The summed E-state index contributed by atoms with van der Waals surface area (Å²) in [7, 11) is 0. The summed E-state index contributed by atoms with van der Waals surface area (Å²) in [5.41, 5.74) is 4.52. The van der Waals surface area contributed by atoms with Gasteiger partial charge < -0.3 is 9.64 Å². The van der Waals surface area contributed by atoms with E-state index in [4.69, 9.17) is 9.73 Å². The molecule has 4 rings (SSSR count). The van der Waals surface area contributed by atoms with Gasteiger partial charge in [0.1, 0.15) is 17.2 Å². The van der Waals surface area contributed by atoms with E-state index in [1.54, 1.807) is 0 Å². The maximum Gasteiger partial charge on any atom is 0.222 e. The lowest BCUT2D eigenvalue weighted by Crippen LogP contribution is -2.30. The van der Waals surface area contributed by atoms with Gasteiger partial charge in [0.25, 0.3) is 0 Å². The number of allylic oxidation sites excluding steroid dienone is 2. The summed E-state index contributed by atoms with van der Waals surface area (Å²) in [6.07, 6.45) is 24.1. The molecular formula is C38H54N2O2. The third-order valence-corrected chi connectivity index (χ3v) is 9.04. The minimum atomic E-state index is 0.333. The van der Waals surface area contributed by atoms with Gasteiger partial charge in [0.2, 0.25) is 5.91 Å². The lowest BCUT2D eigenvalue weighted by Gasteiger charge is -2.28. The van der Waals surface area contributed by atoms with Crippen LogP contribution in [0.5, 0.6) is 5.75 Å². The molecule has 1 atom stereocenters. The molecule has 1 aliphatic carbocycles. The highest BCUT2D eigenvalue weighted by Gasteiger charge is 2.29. The van der Waals surface area contributed by atoms with Crippen molar-refractivity contribution in [3.63, 3.8) is 0 Å². The van der Waals surface area contributed by atoms with Crippen LogP contribution in [-0.4, -0.2) is 29.6 Å². The van der Waals surface area contributed by atoms with Crippen molar-refractivity contribution in [3.8, 4) is 5.75 Å². The Balaban J connectivity index is 0.998. The van der Waals surface area contributed by atoms with E-state index in [0.717, 1.165) is 48.8 Å². The molecule has 42 heavy (non-hydrogen) atoms. The number of unbranched alkanes of at least 4 members (excludes halogenated alkanes) is 14. The lowest BCUT2D eigenvalue weighted by molar-refractivity contribution is -0.130. The van der Waals surface area contributed by atoms with Gasteiger partial charge in [-0.2, -0.15) is 0 Å². The number of para-hydroxylation sites is 2. The van der Waals surface area contributed by atoms with Crippen LogP contribution in [0.4, 0.5) is 5.69 Å². The summed E-state index contributed by atoms with van der Waals surface area (Å²) < 4.78 is 6.29. The Bertz CT molecular complexity index is 1160. The number of hydrogen-bond donors (Lipinski definition) is 0. The molecular weight excluding hydrogens is 516 g/mol. The SMILES string of the molecule is CCN(CC)C(=O)CCCCCCCCCCCCCCCCCC1C=C2Oc3ccccc3N=C2c2ccccc21. The molecule has 1 amide bonds. The Kier molecular flexibility index (Phi) is 13.7. The van der Waals surface area contributed by atoms with E-state index in [2.05, 4.69) is 44.2 Å². The number of rotatable bonds is 20. The predicted octanol–water partition coefficient (Wildman–Crippen LogP) is 10.7. The van der Waals surface area contributed by atoms with Crippen molar-refractivity contribution >= 4 is 17.3 Å². The monoisotopic (exact) mass is 570 g/mol. The normalized spacial score (nSPS) is 15.1. The van der Waals surface area contributed by atoms with Crippen molar-refractivity contribution in [2.24, 2.45) is 4.99 Å². The third kappa shape index (κ3) is 9.57. The largest absolute Gasteiger partial charge is 0.453 e. The van der Waals surface area contributed by atoms with E-state index in [1.165, 1.54) is 107 Å². The van der Waals surface area contributed by atoms with Crippen LogP contribution in [0.3, 0.4) is 0 Å². The van der Waals surface area contributed by atoms with Crippen molar-refractivity contribution < 1.29 is 9.53 Å². The third-order valence-electron chi connectivity index (χ3n) is 9.04. The Morgan fingerprint density at radius 1 is 0.714 bits per heavy atom. The molecule has 1 aliphatic heterocycles. The van der Waals surface area contributed by atoms with Gasteiger partial charge >= 0.3 is 0 Å². The number of benzene rings is 2. The van der Waals surface area contributed by atoms with Gasteiger partial charge in [-0.3, -0.25) is 4.79 Å². The fraction of sp³-hybridized carbons (Fsp3) is 0.579. The summed E-state index contributed by atoms with van der Waals surface area (Å²) in [4.78, 5) is 18.9. The second-order valence-corrected chi connectivity index (χ2v) is 12.2. The van der Waals surface area contributed by atoms with E-state index < -0.39 is 0 Å². The molecule has 1 heterocycles. The molecule has 0 N–H and O–H groups in total.